The molecule has 1 fully saturated rings. The molecule has 1 saturated heterocycles. The average Bonchev–Trinajstić information content (AvgIpc) is 3.36. The van der Waals surface area contributed by atoms with Gasteiger partial charge in [0, 0.05) is 16.3 Å². The van der Waals surface area contributed by atoms with Crippen molar-refractivity contribution >= 4 is 54.0 Å². The van der Waals surface area contributed by atoms with E-state index in [1.807, 2.05) is 0 Å². The van der Waals surface area contributed by atoms with Crippen molar-refractivity contribution < 1.29 is 0 Å². The number of hydrogen-bond acceptors (Lipinski definition) is 4. The first-order valence-corrected chi connectivity index (χ1v) is 21.5. The molecular weight excluding hydrogens is 753 g/mol. The number of nitrogens with one attached hydrogen (secondary N) is 3. The van der Waals surface area contributed by atoms with Crippen LogP contribution >= 0.6 is 0 Å². The molecule has 62 heavy (non-hydrogen) atoms. The third-order valence-corrected chi connectivity index (χ3v) is 12.7. The second kappa shape index (κ2) is 15.2. The van der Waals surface area contributed by atoms with E-state index in [-0.39, 0.29) is 18.5 Å². The molecule has 10 aromatic carbocycles. The Balaban J connectivity index is 1.05. The van der Waals surface area contributed by atoms with Crippen LogP contribution in [-0.2, 0) is 0 Å². The highest BCUT2D eigenvalue weighted by Gasteiger charge is 2.30. The van der Waals surface area contributed by atoms with Crippen LogP contribution in [0.4, 0.5) is 0 Å². The van der Waals surface area contributed by atoms with Gasteiger partial charge in [-0.2, -0.15) is 0 Å². The quantitative estimate of drug-likeness (QED) is 0.147. The second-order valence-electron chi connectivity index (χ2n) is 16.4. The van der Waals surface area contributed by atoms with Gasteiger partial charge in [-0.05, 0) is 101 Å². The van der Waals surface area contributed by atoms with E-state index in [2.05, 4.69) is 234 Å². The molecule has 1 aliphatic rings. The number of aromatic nitrogens is 1. The fourth-order valence-electron chi connectivity index (χ4n) is 9.79. The first kappa shape index (κ1) is 36.4. The summed E-state index contributed by atoms with van der Waals surface area (Å²) in [6.07, 6.45) is -0.349. The van der Waals surface area contributed by atoms with Crippen molar-refractivity contribution in [3.63, 3.8) is 0 Å². The summed E-state index contributed by atoms with van der Waals surface area (Å²) < 4.78 is 0. The number of fused-ring (bicyclic) bond motifs is 9. The van der Waals surface area contributed by atoms with Crippen molar-refractivity contribution in [1.82, 2.24) is 20.9 Å². The van der Waals surface area contributed by atoms with E-state index in [9.17, 15) is 0 Å². The largest absolute Gasteiger partial charge is 0.279 e. The van der Waals surface area contributed by atoms with Crippen LogP contribution in [-0.4, -0.2) is 4.98 Å². The monoisotopic (exact) mass is 794 g/mol. The average molecular weight is 795 g/mol. The first-order chi connectivity index (χ1) is 30.7. The number of para-hydroxylation sites is 1. The molecule has 2 unspecified atom stereocenters. The van der Waals surface area contributed by atoms with Crippen molar-refractivity contribution in [3.8, 4) is 33.5 Å². The van der Waals surface area contributed by atoms with Gasteiger partial charge < -0.3 is 0 Å². The van der Waals surface area contributed by atoms with Gasteiger partial charge in [0.15, 0.2) is 0 Å². The molecule has 0 aliphatic carbocycles. The summed E-state index contributed by atoms with van der Waals surface area (Å²) >= 11 is 0. The van der Waals surface area contributed by atoms with E-state index < -0.39 is 0 Å². The van der Waals surface area contributed by atoms with Gasteiger partial charge in [0.2, 0.25) is 0 Å². The maximum absolute atomic E-state index is 5.22. The summed E-state index contributed by atoms with van der Waals surface area (Å²) in [6.45, 7) is 0. The van der Waals surface area contributed by atoms with Gasteiger partial charge in [-0.3, -0.25) is 16.0 Å². The topological polar surface area (TPSA) is 49.0 Å². The molecule has 3 N–H and O–H groups in total. The second-order valence-corrected chi connectivity index (χ2v) is 16.4. The SMILES string of the molecule is c1ccc(C2NC(c3ccccc3)NC(c3cc(-c4ccc(-c5nc6ccccc6c6ccccc56)cc4)cc(-c4cccc5c6ccccc6c6ccccc6c45)c3)N2)cc1. The van der Waals surface area contributed by atoms with Gasteiger partial charge in [-0.1, -0.05) is 194 Å². The van der Waals surface area contributed by atoms with Crippen LogP contribution < -0.4 is 16.0 Å². The Labute approximate surface area is 360 Å². The van der Waals surface area contributed by atoms with Crippen LogP contribution in [0.2, 0.25) is 0 Å². The Morgan fingerprint density at radius 1 is 0.290 bits per heavy atom. The predicted octanol–water partition coefficient (Wildman–Crippen LogP) is 14.0. The third kappa shape index (κ3) is 6.32. The van der Waals surface area contributed by atoms with E-state index >= 15 is 0 Å². The maximum atomic E-state index is 5.22. The Hall–Kier alpha value is -7.47. The Kier molecular flexibility index (Phi) is 8.93. The summed E-state index contributed by atoms with van der Waals surface area (Å²) in [7, 11) is 0. The summed E-state index contributed by atoms with van der Waals surface area (Å²) in [5.41, 5.74) is 11.3. The molecule has 2 atom stereocenters. The fraction of sp³-hybridized carbons (Fsp3) is 0.0517. The maximum Gasteiger partial charge on any atom is 0.0865 e. The number of benzene rings is 10. The minimum atomic E-state index is -0.176. The van der Waals surface area contributed by atoms with Crippen LogP contribution in [0.15, 0.2) is 218 Å². The molecule has 0 radical (unpaired) electrons. The zero-order valence-corrected chi connectivity index (χ0v) is 34.0. The number of nitrogens with zero attached hydrogens (tertiary/aromatic N) is 1. The molecule has 1 aliphatic heterocycles. The molecule has 0 saturated carbocycles. The van der Waals surface area contributed by atoms with Crippen LogP contribution in [0.1, 0.15) is 35.2 Å². The minimum absolute atomic E-state index is 0.0869. The van der Waals surface area contributed by atoms with Gasteiger partial charge in [-0.25, -0.2) is 4.98 Å². The van der Waals surface area contributed by atoms with Crippen molar-refractivity contribution in [2.24, 2.45) is 0 Å². The summed E-state index contributed by atoms with van der Waals surface area (Å²) in [6, 6.07) is 79.1. The van der Waals surface area contributed by atoms with E-state index in [1.165, 1.54) is 65.3 Å². The molecule has 0 bridgehead atoms. The van der Waals surface area contributed by atoms with Crippen molar-refractivity contribution in [2.75, 3.05) is 0 Å². The van der Waals surface area contributed by atoms with Crippen LogP contribution in [0, 0.1) is 0 Å². The van der Waals surface area contributed by atoms with Crippen LogP contribution in [0.3, 0.4) is 0 Å². The highest BCUT2D eigenvalue weighted by Crippen LogP contribution is 2.42. The van der Waals surface area contributed by atoms with Gasteiger partial charge in [0.25, 0.3) is 0 Å². The fourth-order valence-corrected chi connectivity index (χ4v) is 9.79. The Morgan fingerprint density at radius 2 is 0.726 bits per heavy atom. The third-order valence-electron chi connectivity index (χ3n) is 12.7. The molecule has 4 heteroatoms. The summed E-state index contributed by atoms with van der Waals surface area (Å²) in [5, 5.41) is 22.9. The lowest BCUT2D eigenvalue weighted by atomic mass is 9.87. The molecule has 0 amide bonds. The van der Waals surface area contributed by atoms with Gasteiger partial charge in [0.1, 0.15) is 0 Å². The first-order valence-electron chi connectivity index (χ1n) is 21.5. The van der Waals surface area contributed by atoms with Gasteiger partial charge >= 0.3 is 0 Å². The van der Waals surface area contributed by atoms with E-state index in [0.29, 0.717) is 0 Å². The van der Waals surface area contributed by atoms with E-state index in [4.69, 9.17) is 4.98 Å². The molecule has 0 spiro atoms. The lowest BCUT2D eigenvalue weighted by Crippen LogP contribution is -2.54. The van der Waals surface area contributed by atoms with Crippen molar-refractivity contribution in [1.29, 1.82) is 0 Å². The summed E-state index contributed by atoms with van der Waals surface area (Å²) in [5.74, 6) is 0. The Bertz CT molecular complexity index is 3360. The number of hydrogen-bond donors (Lipinski definition) is 3. The normalized spacial score (nSPS) is 16.7. The molecule has 1 aromatic heterocycles. The van der Waals surface area contributed by atoms with E-state index in [0.717, 1.165) is 38.9 Å². The standard InChI is InChI=1S/C58H42N4/c1-3-16-39(17-4-1)56-60-57(40-18-5-2-6-19-40)62-58(61-56)43-35-41(37-30-32-38(33-31-37)55-52-26-12-10-23-48(52)49-24-13-14-29-53(49)59-55)34-42(36-43)44-27-15-28-51-47-21-8-7-20-45(47)46-22-9-11-25-50(46)54(44)51/h1-36,56-58,60-62H. The lowest BCUT2D eigenvalue weighted by Gasteiger charge is -2.40. The number of rotatable bonds is 6. The zero-order valence-electron chi connectivity index (χ0n) is 34.0. The van der Waals surface area contributed by atoms with E-state index in [1.54, 1.807) is 0 Å². The lowest BCUT2D eigenvalue weighted by molar-refractivity contribution is 0.203. The van der Waals surface area contributed by atoms with Crippen molar-refractivity contribution in [3.05, 3.63) is 235 Å². The van der Waals surface area contributed by atoms with Crippen LogP contribution in [0.25, 0.3) is 87.5 Å². The zero-order chi connectivity index (χ0) is 41.0. The van der Waals surface area contributed by atoms with Crippen LogP contribution in [0.5, 0.6) is 0 Å². The molecule has 4 nitrogen and oxygen atoms in total. The molecule has 12 rings (SSSR count). The number of pyridine rings is 1. The molecule has 11 aromatic rings. The van der Waals surface area contributed by atoms with Gasteiger partial charge in [0.05, 0.1) is 29.7 Å². The highest BCUT2D eigenvalue weighted by molar-refractivity contribution is 6.28. The van der Waals surface area contributed by atoms with Crippen molar-refractivity contribution in [2.45, 2.75) is 18.5 Å². The predicted molar refractivity (Wildman–Crippen MR) is 259 cm³/mol. The van der Waals surface area contributed by atoms with Gasteiger partial charge in [-0.15, -0.1) is 0 Å². The molecular formula is C58H42N4. The minimum Gasteiger partial charge on any atom is -0.279 e. The highest BCUT2D eigenvalue weighted by atomic mass is 15.4. The molecule has 294 valence electrons. The molecule has 2 heterocycles. The smallest absolute Gasteiger partial charge is 0.0865 e. The Morgan fingerprint density at radius 3 is 1.34 bits per heavy atom. The summed E-state index contributed by atoms with van der Waals surface area (Å²) in [4.78, 5) is 5.22.